The number of fused-ring (bicyclic) bond motifs is 2. The molecule has 3 heterocycles. The molecule has 0 N–H and O–H groups in total. The van der Waals surface area contributed by atoms with Crippen LogP contribution in [0.3, 0.4) is 0 Å². The highest BCUT2D eigenvalue weighted by Crippen LogP contribution is 2.26. The van der Waals surface area contributed by atoms with Gasteiger partial charge in [-0.3, -0.25) is 19.4 Å². The summed E-state index contributed by atoms with van der Waals surface area (Å²) in [5, 5.41) is 0. The molecule has 2 amide bonds. The molecule has 0 aliphatic carbocycles. The Kier molecular flexibility index (Phi) is 5.34. The third-order valence-corrected chi connectivity index (χ3v) is 6.99. The number of hydrogen-bond donors (Lipinski definition) is 0. The number of carbonyl (C=O) groups is 2. The minimum Gasteiger partial charge on any atom is -0.369 e. The first kappa shape index (κ1) is 21.6. The van der Waals surface area contributed by atoms with Gasteiger partial charge < -0.3 is 9.47 Å². The molecule has 3 aromatic carbocycles. The van der Waals surface area contributed by atoms with Gasteiger partial charge in [0.1, 0.15) is 5.82 Å². The Hall–Kier alpha value is -3.97. The molecule has 6 rings (SSSR count). The van der Waals surface area contributed by atoms with Gasteiger partial charge in [-0.15, -0.1) is 0 Å². The number of rotatable bonds is 5. The largest absolute Gasteiger partial charge is 0.369 e. The number of imidazole rings is 1. The summed E-state index contributed by atoms with van der Waals surface area (Å²) in [7, 11) is 0. The molecule has 2 aliphatic heterocycles. The van der Waals surface area contributed by atoms with Gasteiger partial charge in [0.15, 0.2) is 0 Å². The molecular weight excluding hydrogens is 438 g/mol. The minimum absolute atomic E-state index is 0.157. The van der Waals surface area contributed by atoms with Crippen molar-refractivity contribution < 1.29 is 9.59 Å². The summed E-state index contributed by atoms with van der Waals surface area (Å²) in [5.74, 6) is 0.216. The molecule has 2 aliphatic rings. The first-order valence-corrected chi connectivity index (χ1v) is 12.0. The van der Waals surface area contributed by atoms with Gasteiger partial charge in [-0.1, -0.05) is 36.4 Å². The predicted octanol–water partition coefficient (Wildman–Crippen LogP) is 3.92. The fraction of sp³-hybridized carbons (Fsp3) is 0.250. The topological polar surface area (TPSA) is 61.7 Å². The number of carbonyl (C=O) groups excluding carboxylic acids is 2. The lowest BCUT2D eigenvalue weighted by atomic mass is 10.1. The predicted molar refractivity (Wildman–Crippen MR) is 135 cm³/mol. The second kappa shape index (κ2) is 8.67. The van der Waals surface area contributed by atoms with Gasteiger partial charge in [0.2, 0.25) is 0 Å². The molecule has 35 heavy (non-hydrogen) atoms. The number of aromatic nitrogens is 2. The molecule has 1 saturated heterocycles. The normalized spacial score (nSPS) is 16.4. The third kappa shape index (κ3) is 3.88. The van der Waals surface area contributed by atoms with E-state index in [4.69, 9.17) is 4.98 Å². The van der Waals surface area contributed by atoms with Gasteiger partial charge in [-0.25, -0.2) is 4.98 Å². The Morgan fingerprint density at radius 1 is 0.800 bits per heavy atom. The highest BCUT2D eigenvalue weighted by atomic mass is 16.2. The lowest BCUT2D eigenvalue weighted by Crippen LogP contribution is -2.47. The van der Waals surface area contributed by atoms with Crippen LogP contribution in [-0.4, -0.2) is 57.3 Å². The molecule has 4 aromatic rings. The second-order valence-corrected chi connectivity index (χ2v) is 9.27. The number of anilines is 1. The van der Waals surface area contributed by atoms with Crippen LogP contribution in [0.2, 0.25) is 0 Å². The molecule has 0 atom stereocenters. The number of nitrogens with zero attached hydrogens (tertiary/aromatic N) is 5. The SMILES string of the molecule is Cc1cccc(N2CCN(Cn3c(CN4C(=O)c5ccccc5C4=O)nc4ccccc43)CC2)c1. The van der Waals surface area contributed by atoms with Crippen molar-refractivity contribution in [2.45, 2.75) is 20.1 Å². The summed E-state index contributed by atoms with van der Waals surface area (Å²) in [6, 6.07) is 23.7. The van der Waals surface area contributed by atoms with Crippen LogP contribution >= 0.6 is 0 Å². The van der Waals surface area contributed by atoms with E-state index in [9.17, 15) is 9.59 Å². The second-order valence-electron chi connectivity index (χ2n) is 9.27. The molecule has 176 valence electrons. The Labute approximate surface area is 204 Å². The van der Waals surface area contributed by atoms with Gasteiger partial charge in [-0.2, -0.15) is 0 Å². The zero-order valence-corrected chi connectivity index (χ0v) is 19.7. The maximum atomic E-state index is 13.0. The van der Waals surface area contributed by atoms with E-state index < -0.39 is 0 Å². The first-order valence-electron chi connectivity index (χ1n) is 12.0. The van der Waals surface area contributed by atoms with E-state index in [0.717, 1.165) is 43.0 Å². The van der Waals surface area contributed by atoms with Crippen LogP contribution < -0.4 is 4.90 Å². The molecule has 0 unspecified atom stereocenters. The molecule has 7 nitrogen and oxygen atoms in total. The molecule has 7 heteroatoms. The zero-order valence-electron chi connectivity index (χ0n) is 19.7. The van der Waals surface area contributed by atoms with Gasteiger partial charge >= 0.3 is 0 Å². The van der Waals surface area contributed by atoms with E-state index in [-0.39, 0.29) is 18.4 Å². The van der Waals surface area contributed by atoms with Crippen LogP contribution in [0.4, 0.5) is 5.69 Å². The van der Waals surface area contributed by atoms with Gasteiger partial charge in [0.25, 0.3) is 11.8 Å². The fourth-order valence-corrected chi connectivity index (χ4v) is 5.10. The molecule has 0 spiro atoms. The smallest absolute Gasteiger partial charge is 0.261 e. The molecule has 1 aromatic heterocycles. The molecule has 0 saturated carbocycles. The quantitative estimate of drug-likeness (QED) is 0.418. The third-order valence-electron chi connectivity index (χ3n) is 6.99. The van der Waals surface area contributed by atoms with Crippen molar-refractivity contribution in [1.29, 1.82) is 0 Å². The fourth-order valence-electron chi connectivity index (χ4n) is 5.10. The number of piperazine rings is 1. The van der Waals surface area contributed by atoms with Crippen LogP contribution in [0.1, 0.15) is 32.1 Å². The summed E-state index contributed by atoms with van der Waals surface area (Å²) in [6.07, 6.45) is 0. The summed E-state index contributed by atoms with van der Waals surface area (Å²) < 4.78 is 2.15. The zero-order chi connectivity index (χ0) is 23.9. The lowest BCUT2D eigenvalue weighted by molar-refractivity contribution is 0.0634. The standard InChI is InChI=1S/C28H27N5O2/c1-20-7-6-8-21(17-20)31-15-13-30(14-16-31)19-33-25-12-5-4-11-24(25)29-26(33)18-32-27(34)22-9-2-3-10-23(22)28(32)35/h2-12,17H,13-16,18-19H2,1H3. The van der Waals surface area contributed by atoms with Crippen LogP contribution in [-0.2, 0) is 13.2 Å². The monoisotopic (exact) mass is 465 g/mol. The number of hydrogen-bond acceptors (Lipinski definition) is 5. The number of imide groups is 1. The van der Waals surface area contributed by atoms with Crippen molar-refractivity contribution in [3.63, 3.8) is 0 Å². The van der Waals surface area contributed by atoms with E-state index in [1.54, 1.807) is 24.3 Å². The number of amides is 2. The van der Waals surface area contributed by atoms with Crippen molar-refractivity contribution in [2.24, 2.45) is 0 Å². The molecule has 0 radical (unpaired) electrons. The molecule has 0 bridgehead atoms. The average molecular weight is 466 g/mol. The van der Waals surface area contributed by atoms with Crippen molar-refractivity contribution >= 4 is 28.5 Å². The van der Waals surface area contributed by atoms with Crippen LogP contribution in [0.25, 0.3) is 11.0 Å². The van der Waals surface area contributed by atoms with E-state index in [1.807, 2.05) is 18.2 Å². The van der Waals surface area contributed by atoms with Crippen molar-refractivity contribution in [2.75, 3.05) is 31.1 Å². The van der Waals surface area contributed by atoms with Gasteiger partial charge in [0, 0.05) is 31.9 Å². The Morgan fingerprint density at radius 3 is 2.20 bits per heavy atom. The van der Waals surface area contributed by atoms with Gasteiger partial charge in [-0.05, 0) is 48.9 Å². The van der Waals surface area contributed by atoms with E-state index in [1.165, 1.54) is 16.2 Å². The number of para-hydroxylation sites is 2. The Bertz CT molecular complexity index is 1400. The Balaban J connectivity index is 1.23. The highest BCUT2D eigenvalue weighted by molar-refractivity contribution is 6.21. The summed E-state index contributed by atoms with van der Waals surface area (Å²) in [5.41, 5.74) is 5.36. The van der Waals surface area contributed by atoms with E-state index in [0.29, 0.717) is 17.8 Å². The summed E-state index contributed by atoms with van der Waals surface area (Å²) >= 11 is 0. The van der Waals surface area contributed by atoms with Crippen LogP contribution in [0.15, 0.2) is 72.8 Å². The van der Waals surface area contributed by atoms with Crippen LogP contribution in [0.5, 0.6) is 0 Å². The van der Waals surface area contributed by atoms with E-state index >= 15 is 0 Å². The maximum Gasteiger partial charge on any atom is 0.261 e. The summed E-state index contributed by atoms with van der Waals surface area (Å²) in [6.45, 7) is 6.69. The van der Waals surface area contributed by atoms with Crippen molar-refractivity contribution in [1.82, 2.24) is 19.4 Å². The molecular formula is C28H27N5O2. The van der Waals surface area contributed by atoms with Gasteiger partial charge in [0.05, 0.1) is 35.4 Å². The number of benzene rings is 3. The lowest BCUT2D eigenvalue weighted by Gasteiger charge is -2.36. The summed E-state index contributed by atoms with van der Waals surface area (Å²) in [4.78, 5) is 36.9. The maximum absolute atomic E-state index is 13.0. The Morgan fingerprint density at radius 2 is 1.49 bits per heavy atom. The van der Waals surface area contributed by atoms with Crippen LogP contribution in [0, 0.1) is 6.92 Å². The number of aryl methyl sites for hydroxylation is 1. The van der Waals surface area contributed by atoms with E-state index in [2.05, 4.69) is 51.6 Å². The highest BCUT2D eigenvalue weighted by Gasteiger charge is 2.36. The van der Waals surface area contributed by atoms with Crippen molar-refractivity contribution in [3.05, 3.63) is 95.3 Å². The first-order chi connectivity index (χ1) is 17.1. The van der Waals surface area contributed by atoms with Crippen molar-refractivity contribution in [3.8, 4) is 0 Å². The average Bonchev–Trinajstić information content (AvgIpc) is 3.35. The minimum atomic E-state index is -0.254. The molecule has 1 fully saturated rings.